The topological polar surface area (TPSA) is 33.1 Å². The normalized spacial score (nSPS) is 27.2. The van der Waals surface area contributed by atoms with Crippen molar-refractivity contribution in [1.29, 1.82) is 0 Å². The summed E-state index contributed by atoms with van der Waals surface area (Å²) in [7, 11) is 4.15. The maximum atomic E-state index is 4.41. The van der Waals surface area contributed by atoms with E-state index in [2.05, 4.69) is 42.3 Å². The zero-order chi connectivity index (χ0) is 11.0. The zero-order valence-corrected chi connectivity index (χ0v) is 9.99. The van der Waals surface area contributed by atoms with Crippen molar-refractivity contribution >= 4 is 5.82 Å². The molecular weight excluding hydrogens is 188 g/mol. The Bertz CT molecular complexity index is 315. The molecule has 0 aliphatic carbocycles. The average Bonchev–Trinajstić information content (AvgIpc) is 2.59. The number of rotatable bonds is 2. The SMILES string of the molecule is Cc1cc(NC2CC(C)N(C)C2)nn1C. The first-order valence-corrected chi connectivity index (χ1v) is 5.53. The minimum atomic E-state index is 0.541. The van der Waals surface area contributed by atoms with E-state index in [1.54, 1.807) is 0 Å². The molecule has 0 bridgehead atoms. The second kappa shape index (κ2) is 3.85. The maximum Gasteiger partial charge on any atom is 0.148 e. The Morgan fingerprint density at radius 1 is 1.47 bits per heavy atom. The molecule has 1 aliphatic rings. The molecule has 2 atom stereocenters. The molecule has 1 fully saturated rings. The summed E-state index contributed by atoms with van der Waals surface area (Å²) in [6, 6.07) is 3.31. The largest absolute Gasteiger partial charge is 0.365 e. The Morgan fingerprint density at radius 2 is 2.20 bits per heavy atom. The van der Waals surface area contributed by atoms with Gasteiger partial charge in [0.2, 0.25) is 0 Å². The van der Waals surface area contributed by atoms with Crippen LogP contribution in [-0.4, -0.2) is 40.4 Å². The molecule has 15 heavy (non-hydrogen) atoms. The molecule has 1 saturated heterocycles. The van der Waals surface area contributed by atoms with Gasteiger partial charge in [-0.1, -0.05) is 0 Å². The fraction of sp³-hybridized carbons (Fsp3) is 0.727. The van der Waals surface area contributed by atoms with Gasteiger partial charge in [0.15, 0.2) is 0 Å². The van der Waals surface area contributed by atoms with Crippen LogP contribution in [0.25, 0.3) is 0 Å². The molecular formula is C11H20N4. The fourth-order valence-corrected chi connectivity index (χ4v) is 2.14. The Morgan fingerprint density at radius 3 is 2.67 bits per heavy atom. The van der Waals surface area contributed by atoms with Gasteiger partial charge >= 0.3 is 0 Å². The second-order valence-corrected chi connectivity index (χ2v) is 4.66. The van der Waals surface area contributed by atoms with Crippen LogP contribution in [0.1, 0.15) is 19.0 Å². The summed E-state index contributed by atoms with van der Waals surface area (Å²) in [6.45, 7) is 5.45. The van der Waals surface area contributed by atoms with Crippen molar-refractivity contribution in [3.8, 4) is 0 Å². The molecule has 84 valence electrons. The molecule has 1 N–H and O–H groups in total. The number of anilines is 1. The summed E-state index contributed by atoms with van der Waals surface area (Å²) >= 11 is 0. The van der Waals surface area contributed by atoms with Crippen molar-refractivity contribution in [3.05, 3.63) is 11.8 Å². The van der Waals surface area contributed by atoms with Crippen LogP contribution in [0, 0.1) is 6.92 Å². The van der Waals surface area contributed by atoms with E-state index in [1.807, 2.05) is 11.7 Å². The highest BCUT2D eigenvalue weighted by atomic mass is 15.3. The van der Waals surface area contributed by atoms with E-state index in [0.717, 1.165) is 12.4 Å². The number of hydrogen-bond donors (Lipinski definition) is 1. The number of likely N-dealkylation sites (N-methyl/N-ethyl adjacent to an activating group) is 1. The van der Waals surface area contributed by atoms with E-state index in [1.165, 1.54) is 12.1 Å². The number of likely N-dealkylation sites (tertiary alicyclic amines) is 1. The lowest BCUT2D eigenvalue weighted by Gasteiger charge is -2.12. The van der Waals surface area contributed by atoms with Gasteiger partial charge in [0.1, 0.15) is 5.82 Å². The molecule has 0 saturated carbocycles. The van der Waals surface area contributed by atoms with Crippen molar-refractivity contribution in [2.24, 2.45) is 7.05 Å². The monoisotopic (exact) mass is 208 g/mol. The first kappa shape index (κ1) is 10.5. The highest BCUT2D eigenvalue weighted by Gasteiger charge is 2.26. The molecule has 0 aromatic carbocycles. The van der Waals surface area contributed by atoms with Crippen molar-refractivity contribution in [2.75, 3.05) is 18.9 Å². The third-order valence-corrected chi connectivity index (χ3v) is 3.35. The molecule has 0 amide bonds. The van der Waals surface area contributed by atoms with Gasteiger partial charge in [-0.05, 0) is 27.3 Å². The van der Waals surface area contributed by atoms with Gasteiger partial charge in [0, 0.05) is 37.4 Å². The number of nitrogens with one attached hydrogen (secondary N) is 1. The summed E-state index contributed by atoms with van der Waals surface area (Å²) in [5, 5.41) is 7.90. The van der Waals surface area contributed by atoms with E-state index < -0.39 is 0 Å². The van der Waals surface area contributed by atoms with E-state index >= 15 is 0 Å². The number of hydrogen-bond acceptors (Lipinski definition) is 3. The molecule has 0 spiro atoms. The number of nitrogens with zero attached hydrogens (tertiary/aromatic N) is 3. The lowest BCUT2D eigenvalue weighted by molar-refractivity contribution is 0.330. The van der Waals surface area contributed by atoms with Crippen LogP contribution in [0.2, 0.25) is 0 Å². The minimum absolute atomic E-state index is 0.541. The zero-order valence-electron chi connectivity index (χ0n) is 9.99. The van der Waals surface area contributed by atoms with Gasteiger partial charge in [0.25, 0.3) is 0 Å². The van der Waals surface area contributed by atoms with E-state index in [4.69, 9.17) is 0 Å². The minimum Gasteiger partial charge on any atom is -0.365 e. The molecule has 2 heterocycles. The van der Waals surface area contributed by atoms with Crippen molar-refractivity contribution in [1.82, 2.24) is 14.7 Å². The van der Waals surface area contributed by atoms with Crippen LogP contribution >= 0.6 is 0 Å². The summed E-state index contributed by atoms with van der Waals surface area (Å²) in [5.41, 5.74) is 1.19. The molecule has 1 aromatic rings. The van der Waals surface area contributed by atoms with Crippen LogP contribution < -0.4 is 5.32 Å². The van der Waals surface area contributed by atoms with E-state index in [-0.39, 0.29) is 0 Å². The van der Waals surface area contributed by atoms with Crippen LogP contribution in [0.4, 0.5) is 5.82 Å². The van der Waals surface area contributed by atoms with Crippen LogP contribution in [0.3, 0.4) is 0 Å². The number of aromatic nitrogens is 2. The molecule has 0 radical (unpaired) electrons. The molecule has 2 unspecified atom stereocenters. The summed E-state index contributed by atoms with van der Waals surface area (Å²) < 4.78 is 1.91. The van der Waals surface area contributed by atoms with E-state index in [9.17, 15) is 0 Å². The summed E-state index contributed by atoms with van der Waals surface area (Å²) in [4.78, 5) is 2.38. The molecule has 2 rings (SSSR count). The molecule has 4 nitrogen and oxygen atoms in total. The first-order chi connectivity index (χ1) is 7.06. The predicted octanol–water partition coefficient (Wildman–Crippen LogP) is 1.23. The van der Waals surface area contributed by atoms with Gasteiger partial charge < -0.3 is 10.2 Å². The van der Waals surface area contributed by atoms with E-state index in [0.29, 0.717) is 12.1 Å². The Kier molecular flexibility index (Phi) is 2.69. The summed E-state index contributed by atoms with van der Waals surface area (Å²) in [5.74, 6) is 1.00. The van der Waals surface area contributed by atoms with Crippen molar-refractivity contribution in [3.63, 3.8) is 0 Å². The maximum absolute atomic E-state index is 4.41. The van der Waals surface area contributed by atoms with Gasteiger partial charge in [-0.2, -0.15) is 5.10 Å². The highest BCUT2D eigenvalue weighted by Crippen LogP contribution is 2.19. The number of aryl methyl sites for hydroxylation is 2. The fourth-order valence-electron chi connectivity index (χ4n) is 2.14. The molecule has 1 aliphatic heterocycles. The van der Waals surface area contributed by atoms with Gasteiger partial charge in [0.05, 0.1) is 0 Å². The lowest BCUT2D eigenvalue weighted by atomic mass is 10.2. The van der Waals surface area contributed by atoms with Gasteiger partial charge in [-0.25, -0.2) is 0 Å². The van der Waals surface area contributed by atoms with Crippen molar-refractivity contribution < 1.29 is 0 Å². The quantitative estimate of drug-likeness (QED) is 0.793. The van der Waals surface area contributed by atoms with Crippen LogP contribution in [0.15, 0.2) is 6.07 Å². The standard InChI is InChI=1S/C11H20N4/c1-8-5-10(7-14(8)3)12-11-6-9(2)15(4)13-11/h6,8,10H,5,7H2,1-4H3,(H,12,13). The third-order valence-electron chi connectivity index (χ3n) is 3.35. The molecule has 4 heteroatoms. The Labute approximate surface area is 91.3 Å². The summed E-state index contributed by atoms with van der Waals surface area (Å²) in [6.07, 6.45) is 1.20. The predicted molar refractivity (Wildman–Crippen MR) is 62.1 cm³/mol. The average molecular weight is 208 g/mol. The third kappa shape index (κ3) is 2.15. The van der Waals surface area contributed by atoms with Gasteiger partial charge in [-0.3, -0.25) is 4.68 Å². The van der Waals surface area contributed by atoms with Gasteiger partial charge in [-0.15, -0.1) is 0 Å². The lowest BCUT2D eigenvalue weighted by Crippen LogP contribution is -2.25. The first-order valence-electron chi connectivity index (χ1n) is 5.53. The molecule has 1 aromatic heterocycles. The van der Waals surface area contributed by atoms with Crippen molar-refractivity contribution in [2.45, 2.75) is 32.4 Å². The Balaban J connectivity index is 1.98. The Hall–Kier alpha value is -1.03. The smallest absolute Gasteiger partial charge is 0.148 e. The van der Waals surface area contributed by atoms with Crippen LogP contribution in [-0.2, 0) is 7.05 Å². The van der Waals surface area contributed by atoms with Crippen LogP contribution in [0.5, 0.6) is 0 Å². The second-order valence-electron chi connectivity index (χ2n) is 4.66. The highest BCUT2D eigenvalue weighted by molar-refractivity contribution is 5.37.